The molecule has 0 aromatic heterocycles. The molecule has 0 unspecified atom stereocenters. The molecule has 0 spiro atoms. The second-order valence-corrected chi connectivity index (χ2v) is 3.27. The summed E-state index contributed by atoms with van der Waals surface area (Å²) in [5, 5.41) is 2.30. The van der Waals surface area contributed by atoms with Crippen molar-refractivity contribution in [2.45, 2.75) is 13.3 Å². The molecule has 5 heteroatoms. The van der Waals surface area contributed by atoms with Gasteiger partial charge in [-0.05, 0) is 19.1 Å². The van der Waals surface area contributed by atoms with Crippen molar-refractivity contribution in [2.75, 3.05) is 12.4 Å². The number of hydrogen-bond acceptors (Lipinski definition) is 3. The van der Waals surface area contributed by atoms with Gasteiger partial charge >= 0.3 is 0 Å². The minimum Gasteiger partial charge on any atom is -0.497 e. The van der Waals surface area contributed by atoms with Crippen LogP contribution in [-0.2, 0) is 9.59 Å². The van der Waals surface area contributed by atoms with E-state index in [9.17, 15) is 14.0 Å². The first-order chi connectivity index (χ1) is 7.52. The highest BCUT2D eigenvalue weighted by atomic mass is 19.1. The van der Waals surface area contributed by atoms with E-state index < -0.39 is 11.7 Å². The Labute approximate surface area is 92.4 Å². The van der Waals surface area contributed by atoms with Crippen LogP contribution in [0.15, 0.2) is 18.2 Å². The number of halogens is 1. The average molecular weight is 225 g/mol. The SMILES string of the molecule is COc1ccc(F)c(NC(=O)CC(C)=O)c1. The number of methoxy groups -OCH3 is 1. The number of anilines is 1. The standard InChI is InChI=1S/C11H12FNO3/c1-7(14)5-11(15)13-10-6-8(16-2)3-4-9(10)12/h3-4,6H,5H2,1-2H3,(H,13,15). The lowest BCUT2D eigenvalue weighted by Crippen LogP contribution is -2.15. The number of Topliss-reactive ketones (excluding diaryl/α,β-unsaturated/α-hetero) is 1. The molecule has 1 rings (SSSR count). The van der Waals surface area contributed by atoms with Crippen molar-refractivity contribution in [1.82, 2.24) is 0 Å². The highest BCUT2D eigenvalue weighted by molar-refractivity contribution is 6.03. The van der Waals surface area contributed by atoms with E-state index in [0.29, 0.717) is 5.75 Å². The first kappa shape index (κ1) is 12.2. The molecule has 0 aliphatic carbocycles. The second kappa shape index (κ2) is 5.25. The van der Waals surface area contributed by atoms with Crippen LogP contribution in [0.4, 0.5) is 10.1 Å². The minimum absolute atomic E-state index is 0.00519. The lowest BCUT2D eigenvalue weighted by atomic mass is 10.2. The highest BCUT2D eigenvalue weighted by Gasteiger charge is 2.09. The van der Waals surface area contributed by atoms with E-state index in [0.717, 1.165) is 0 Å². The molecule has 0 aliphatic heterocycles. The van der Waals surface area contributed by atoms with Crippen LogP contribution < -0.4 is 10.1 Å². The summed E-state index contributed by atoms with van der Waals surface area (Å²) in [6.07, 6.45) is -0.267. The Kier molecular flexibility index (Phi) is 3.99. The number of amides is 1. The summed E-state index contributed by atoms with van der Waals surface area (Å²) in [4.78, 5) is 21.9. The fourth-order valence-electron chi connectivity index (χ4n) is 1.15. The first-order valence-electron chi connectivity index (χ1n) is 4.65. The predicted molar refractivity (Wildman–Crippen MR) is 56.9 cm³/mol. The first-order valence-corrected chi connectivity index (χ1v) is 4.65. The van der Waals surface area contributed by atoms with Crippen LogP contribution in [0.5, 0.6) is 5.75 Å². The van der Waals surface area contributed by atoms with Crippen LogP contribution in [0.3, 0.4) is 0 Å². The zero-order chi connectivity index (χ0) is 12.1. The van der Waals surface area contributed by atoms with Gasteiger partial charge < -0.3 is 10.1 Å². The zero-order valence-electron chi connectivity index (χ0n) is 9.04. The third-order valence-electron chi connectivity index (χ3n) is 1.86. The molecule has 1 aromatic rings. The second-order valence-electron chi connectivity index (χ2n) is 3.27. The van der Waals surface area contributed by atoms with Crippen molar-refractivity contribution in [3.63, 3.8) is 0 Å². The molecule has 0 fully saturated rings. The molecule has 0 saturated carbocycles. The number of carbonyl (C=O) groups is 2. The lowest BCUT2D eigenvalue weighted by Gasteiger charge is -2.07. The van der Waals surface area contributed by atoms with Crippen molar-refractivity contribution in [3.05, 3.63) is 24.0 Å². The molecule has 86 valence electrons. The van der Waals surface area contributed by atoms with Crippen LogP contribution in [0, 0.1) is 5.82 Å². The number of carbonyl (C=O) groups excluding carboxylic acids is 2. The van der Waals surface area contributed by atoms with Crippen LogP contribution in [0.1, 0.15) is 13.3 Å². The average Bonchev–Trinajstić information content (AvgIpc) is 2.20. The van der Waals surface area contributed by atoms with E-state index in [-0.39, 0.29) is 17.9 Å². The fraction of sp³-hybridized carbons (Fsp3) is 0.273. The van der Waals surface area contributed by atoms with Gasteiger partial charge in [0.15, 0.2) is 0 Å². The van der Waals surface area contributed by atoms with E-state index >= 15 is 0 Å². The minimum atomic E-state index is -0.572. The lowest BCUT2D eigenvalue weighted by molar-refractivity contribution is -0.124. The molecule has 0 heterocycles. The predicted octanol–water partition coefficient (Wildman–Crippen LogP) is 1.75. The number of ketones is 1. The number of ether oxygens (including phenoxy) is 1. The summed E-state index contributed by atoms with van der Waals surface area (Å²) in [6.45, 7) is 1.29. The van der Waals surface area contributed by atoms with Gasteiger partial charge in [-0.25, -0.2) is 4.39 Å². The molecule has 1 amide bonds. The summed E-state index contributed by atoms with van der Waals surface area (Å²) in [5.74, 6) is -0.960. The Bertz CT molecular complexity index is 418. The van der Waals surface area contributed by atoms with E-state index in [1.54, 1.807) is 0 Å². The maximum Gasteiger partial charge on any atom is 0.231 e. The van der Waals surface area contributed by atoms with Crippen LogP contribution in [0.25, 0.3) is 0 Å². The van der Waals surface area contributed by atoms with Crippen molar-refractivity contribution in [3.8, 4) is 5.75 Å². The molecule has 0 saturated heterocycles. The summed E-state index contributed by atoms with van der Waals surface area (Å²) >= 11 is 0. The Morgan fingerprint density at radius 1 is 1.44 bits per heavy atom. The Hall–Kier alpha value is -1.91. The highest BCUT2D eigenvalue weighted by Crippen LogP contribution is 2.21. The Balaban J connectivity index is 2.79. The van der Waals surface area contributed by atoms with E-state index in [2.05, 4.69) is 5.32 Å². The van der Waals surface area contributed by atoms with E-state index in [1.807, 2.05) is 0 Å². The van der Waals surface area contributed by atoms with Crippen molar-refractivity contribution >= 4 is 17.4 Å². The van der Waals surface area contributed by atoms with Crippen LogP contribution in [0.2, 0.25) is 0 Å². The largest absolute Gasteiger partial charge is 0.497 e. The number of nitrogens with one attached hydrogen (secondary N) is 1. The summed E-state index contributed by atoms with van der Waals surface area (Å²) in [7, 11) is 1.44. The molecule has 0 bridgehead atoms. The van der Waals surface area contributed by atoms with Gasteiger partial charge in [0.25, 0.3) is 0 Å². The van der Waals surface area contributed by atoms with Gasteiger partial charge in [-0.1, -0.05) is 0 Å². The van der Waals surface area contributed by atoms with Gasteiger partial charge in [-0.15, -0.1) is 0 Å². The van der Waals surface area contributed by atoms with Gasteiger partial charge in [0.1, 0.15) is 17.3 Å². The molecule has 1 N–H and O–H groups in total. The zero-order valence-corrected chi connectivity index (χ0v) is 9.04. The van der Waals surface area contributed by atoms with Crippen molar-refractivity contribution in [1.29, 1.82) is 0 Å². The van der Waals surface area contributed by atoms with Crippen LogP contribution in [-0.4, -0.2) is 18.8 Å². The monoisotopic (exact) mass is 225 g/mol. The number of benzene rings is 1. The maximum atomic E-state index is 13.2. The normalized spacial score (nSPS) is 9.69. The third-order valence-corrected chi connectivity index (χ3v) is 1.86. The molecule has 1 aromatic carbocycles. The maximum absolute atomic E-state index is 13.2. The number of rotatable bonds is 4. The summed E-state index contributed by atoms with van der Waals surface area (Å²) < 4.78 is 18.1. The van der Waals surface area contributed by atoms with E-state index in [4.69, 9.17) is 4.74 Å². The summed E-state index contributed by atoms with van der Waals surface area (Å²) in [5.41, 5.74) is 0.00519. The van der Waals surface area contributed by atoms with Gasteiger partial charge in [-0.2, -0.15) is 0 Å². The quantitative estimate of drug-likeness (QED) is 0.794. The van der Waals surface area contributed by atoms with Crippen LogP contribution >= 0.6 is 0 Å². The van der Waals surface area contributed by atoms with Crippen molar-refractivity contribution < 1.29 is 18.7 Å². The molecule has 0 radical (unpaired) electrons. The van der Waals surface area contributed by atoms with Gasteiger partial charge in [0.2, 0.25) is 5.91 Å². The molecule has 16 heavy (non-hydrogen) atoms. The molecular formula is C11H12FNO3. The Morgan fingerprint density at radius 2 is 2.12 bits per heavy atom. The van der Waals surface area contributed by atoms with Crippen molar-refractivity contribution in [2.24, 2.45) is 0 Å². The van der Waals surface area contributed by atoms with E-state index in [1.165, 1.54) is 32.2 Å². The molecule has 0 atom stereocenters. The molecular weight excluding hydrogens is 213 g/mol. The number of hydrogen-bond donors (Lipinski definition) is 1. The molecule has 0 aliphatic rings. The molecule has 4 nitrogen and oxygen atoms in total. The van der Waals surface area contributed by atoms with Gasteiger partial charge in [-0.3, -0.25) is 9.59 Å². The smallest absolute Gasteiger partial charge is 0.231 e. The Morgan fingerprint density at radius 3 is 2.69 bits per heavy atom. The topological polar surface area (TPSA) is 55.4 Å². The summed E-state index contributed by atoms with van der Waals surface area (Å²) in [6, 6.07) is 3.98. The van der Waals surface area contributed by atoms with Gasteiger partial charge in [0, 0.05) is 6.07 Å². The van der Waals surface area contributed by atoms with Gasteiger partial charge in [0.05, 0.1) is 19.2 Å². The fourth-order valence-corrected chi connectivity index (χ4v) is 1.15. The third kappa shape index (κ3) is 3.34.